The molecular formula is C21H26F3N5O2. The summed E-state index contributed by atoms with van der Waals surface area (Å²) in [5.74, 6) is -0.549. The molecular weight excluding hydrogens is 411 g/mol. The molecule has 0 N–H and O–H groups in total. The average molecular weight is 437 g/mol. The lowest BCUT2D eigenvalue weighted by molar-refractivity contribution is -0.142. The van der Waals surface area contributed by atoms with Gasteiger partial charge in [-0.3, -0.25) is 9.59 Å². The number of likely N-dealkylation sites (tertiary alicyclic amines) is 2. The summed E-state index contributed by atoms with van der Waals surface area (Å²) in [4.78, 5) is 32.9. The van der Waals surface area contributed by atoms with Gasteiger partial charge in [0.05, 0.1) is 11.6 Å². The first-order chi connectivity index (χ1) is 14.5. The smallest absolute Gasteiger partial charge is 0.342 e. The molecule has 0 saturated carbocycles. The number of piperidine rings is 1. The minimum absolute atomic E-state index is 0.00322. The first-order valence-corrected chi connectivity index (χ1v) is 10.6. The number of hydrogen-bond acceptors (Lipinski definition) is 4. The summed E-state index contributed by atoms with van der Waals surface area (Å²) in [6.07, 6.45) is -3.24. The average Bonchev–Trinajstić information content (AvgIpc) is 3.27. The molecule has 2 aliphatic heterocycles. The molecule has 2 aliphatic rings. The number of rotatable bonds is 3. The van der Waals surface area contributed by atoms with Crippen LogP contribution in [-0.2, 0) is 15.8 Å². The SMILES string of the molecule is Cc1cc2nc(C3CCN(C(=O)[C@@H]4CC(=O)N(C(C)C)C4)CC3)cc(C(F)(F)F)n2n1. The van der Waals surface area contributed by atoms with E-state index >= 15 is 0 Å². The summed E-state index contributed by atoms with van der Waals surface area (Å²) >= 11 is 0. The predicted octanol–water partition coefficient (Wildman–Crippen LogP) is 3.02. The highest BCUT2D eigenvalue weighted by atomic mass is 19.4. The van der Waals surface area contributed by atoms with Gasteiger partial charge in [-0.1, -0.05) is 0 Å². The molecule has 0 unspecified atom stereocenters. The van der Waals surface area contributed by atoms with Gasteiger partial charge >= 0.3 is 6.18 Å². The minimum atomic E-state index is -4.54. The van der Waals surface area contributed by atoms with Crippen molar-refractivity contribution >= 4 is 17.5 Å². The molecule has 1 atom stereocenters. The summed E-state index contributed by atoms with van der Waals surface area (Å²) in [5.41, 5.74) is 0.197. The van der Waals surface area contributed by atoms with Crippen LogP contribution in [0.4, 0.5) is 13.2 Å². The monoisotopic (exact) mass is 437 g/mol. The molecule has 2 amide bonds. The molecule has 0 aliphatic carbocycles. The second-order valence-electron chi connectivity index (χ2n) is 8.76. The molecule has 0 radical (unpaired) electrons. The summed E-state index contributed by atoms with van der Waals surface area (Å²) in [7, 11) is 0. The van der Waals surface area contributed by atoms with Crippen LogP contribution in [0.2, 0.25) is 0 Å². The highest BCUT2D eigenvalue weighted by Gasteiger charge is 2.39. The van der Waals surface area contributed by atoms with Crippen LogP contribution in [0.5, 0.6) is 0 Å². The standard InChI is InChI=1S/C21H26F3N5O2/c1-12(2)28-11-15(9-19(28)30)20(31)27-6-4-14(5-7-27)16-10-17(21(22,23)24)29-18(25-16)8-13(3)26-29/h8,10,12,14-15H,4-7,9,11H2,1-3H3/t15-/m1/s1. The second kappa shape index (κ2) is 7.80. The molecule has 2 saturated heterocycles. The van der Waals surface area contributed by atoms with Gasteiger partial charge in [-0.05, 0) is 39.7 Å². The third kappa shape index (κ3) is 4.12. The van der Waals surface area contributed by atoms with Crippen molar-refractivity contribution < 1.29 is 22.8 Å². The Kier molecular flexibility index (Phi) is 5.43. The van der Waals surface area contributed by atoms with Gasteiger partial charge in [0.15, 0.2) is 5.65 Å². The molecule has 2 aromatic rings. The van der Waals surface area contributed by atoms with Crippen molar-refractivity contribution in [2.75, 3.05) is 19.6 Å². The summed E-state index contributed by atoms with van der Waals surface area (Å²) in [6.45, 7) is 6.81. The number of aromatic nitrogens is 3. The zero-order valence-corrected chi connectivity index (χ0v) is 17.8. The predicted molar refractivity (Wildman–Crippen MR) is 106 cm³/mol. The summed E-state index contributed by atoms with van der Waals surface area (Å²) < 4.78 is 41.5. The highest BCUT2D eigenvalue weighted by Crippen LogP contribution is 2.34. The Morgan fingerprint density at radius 1 is 1.19 bits per heavy atom. The van der Waals surface area contributed by atoms with Crippen LogP contribution >= 0.6 is 0 Å². The van der Waals surface area contributed by atoms with E-state index in [1.807, 2.05) is 13.8 Å². The van der Waals surface area contributed by atoms with Gasteiger partial charge in [0, 0.05) is 49.8 Å². The molecule has 0 spiro atoms. The van der Waals surface area contributed by atoms with Crippen molar-refractivity contribution in [3.05, 3.63) is 29.2 Å². The van der Waals surface area contributed by atoms with Gasteiger partial charge in [0.2, 0.25) is 11.8 Å². The highest BCUT2D eigenvalue weighted by molar-refractivity contribution is 5.89. The first kappa shape index (κ1) is 21.6. The fraction of sp³-hybridized carbons (Fsp3) is 0.619. The quantitative estimate of drug-likeness (QED) is 0.740. The van der Waals surface area contributed by atoms with E-state index in [2.05, 4.69) is 10.1 Å². The molecule has 31 heavy (non-hydrogen) atoms. The zero-order chi connectivity index (χ0) is 22.5. The van der Waals surface area contributed by atoms with E-state index in [1.165, 1.54) is 6.07 Å². The Labute approximate surface area is 178 Å². The molecule has 4 rings (SSSR count). The molecule has 4 heterocycles. The lowest BCUT2D eigenvalue weighted by Crippen LogP contribution is -2.42. The van der Waals surface area contributed by atoms with Gasteiger partial charge in [0.25, 0.3) is 0 Å². The number of carbonyl (C=O) groups excluding carboxylic acids is 2. The van der Waals surface area contributed by atoms with Crippen molar-refractivity contribution in [1.29, 1.82) is 0 Å². The maximum absolute atomic E-state index is 13.6. The number of aryl methyl sites for hydroxylation is 1. The number of amides is 2. The Morgan fingerprint density at radius 3 is 2.45 bits per heavy atom. The lowest BCUT2D eigenvalue weighted by atomic mass is 9.92. The van der Waals surface area contributed by atoms with E-state index in [4.69, 9.17) is 0 Å². The van der Waals surface area contributed by atoms with Crippen LogP contribution in [0, 0.1) is 12.8 Å². The fourth-order valence-corrected chi connectivity index (χ4v) is 4.57. The van der Waals surface area contributed by atoms with Crippen LogP contribution < -0.4 is 0 Å². The number of carbonyl (C=O) groups is 2. The van der Waals surface area contributed by atoms with Crippen molar-refractivity contribution in [2.45, 2.75) is 58.2 Å². The molecule has 168 valence electrons. The minimum Gasteiger partial charge on any atom is -0.342 e. The Hall–Kier alpha value is -2.65. The number of hydrogen-bond donors (Lipinski definition) is 0. The maximum atomic E-state index is 13.6. The van der Waals surface area contributed by atoms with E-state index in [-0.39, 0.29) is 41.8 Å². The number of halogens is 3. The maximum Gasteiger partial charge on any atom is 0.433 e. The van der Waals surface area contributed by atoms with Crippen LogP contribution in [0.1, 0.15) is 56.1 Å². The van der Waals surface area contributed by atoms with E-state index in [0.717, 1.165) is 10.6 Å². The molecule has 2 fully saturated rings. The zero-order valence-electron chi connectivity index (χ0n) is 17.8. The number of alkyl halides is 3. The number of fused-ring (bicyclic) bond motifs is 1. The molecule has 10 heteroatoms. The summed E-state index contributed by atoms with van der Waals surface area (Å²) in [5, 5.41) is 3.92. The van der Waals surface area contributed by atoms with Crippen LogP contribution in [0.15, 0.2) is 12.1 Å². The topological polar surface area (TPSA) is 70.8 Å². The van der Waals surface area contributed by atoms with E-state index < -0.39 is 11.9 Å². The third-order valence-corrected chi connectivity index (χ3v) is 6.22. The third-order valence-electron chi connectivity index (χ3n) is 6.22. The Morgan fingerprint density at radius 2 is 1.87 bits per heavy atom. The van der Waals surface area contributed by atoms with Crippen molar-refractivity contribution in [1.82, 2.24) is 24.4 Å². The Bertz CT molecular complexity index is 1010. The van der Waals surface area contributed by atoms with Gasteiger partial charge in [-0.2, -0.15) is 18.3 Å². The largest absolute Gasteiger partial charge is 0.433 e. The first-order valence-electron chi connectivity index (χ1n) is 10.6. The molecule has 2 aromatic heterocycles. The van der Waals surface area contributed by atoms with Crippen LogP contribution in [0.25, 0.3) is 5.65 Å². The summed E-state index contributed by atoms with van der Waals surface area (Å²) in [6, 6.07) is 2.68. The van der Waals surface area contributed by atoms with Gasteiger partial charge < -0.3 is 9.80 Å². The van der Waals surface area contributed by atoms with Crippen molar-refractivity contribution in [3.63, 3.8) is 0 Å². The van der Waals surface area contributed by atoms with Gasteiger partial charge in [-0.25, -0.2) is 9.50 Å². The van der Waals surface area contributed by atoms with Crippen LogP contribution in [-0.4, -0.2) is 61.9 Å². The second-order valence-corrected chi connectivity index (χ2v) is 8.76. The molecule has 0 bridgehead atoms. The van der Waals surface area contributed by atoms with Gasteiger partial charge in [-0.15, -0.1) is 0 Å². The van der Waals surface area contributed by atoms with E-state index in [1.54, 1.807) is 16.7 Å². The Balaban J connectivity index is 1.47. The van der Waals surface area contributed by atoms with Gasteiger partial charge in [0.1, 0.15) is 5.69 Å². The normalized spacial score (nSPS) is 21.0. The van der Waals surface area contributed by atoms with E-state index in [9.17, 15) is 22.8 Å². The van der Waals surface area contributed by atoms with Crippen molar-refractivity contribution in [3.8, 4) is 0 Å². The van der Waals surface area contributed by atoms with Crippen LogP contribution in [0.3, 0.4) is 0 Å². The lowest BCUT2D eigenvalue weighted by Gasteiger charge is -2.33. The van der Waals surface area contributed by atoms with E-state index in [0.29, 0.717) is 43.9 Å². The van der Waals surface area contributed by atoms with Crippen molar-refractivity contribution in [2.24, 2.45) is 5.92 Å². The fourth-order valence-electron chi connectivity index (χ4n) is 4.57. The number of nitrogens with zero attached hydrogens (tertiary/aromatic N) is 5. The molecule has 7 nitrogen and oxygen atoms in total. The molecule has 0 aromatic carbocycles.